The van der Waals surface area contributed by atoms with Gasteiger partial charge in [-0.25, -0.2) is 19.9 Å². The van der Waals surface area contributed by atoms with Crippen molar-refractivity contribution in [3.8, 4) is 45.4 Å². The van der Waals surface area contributed by atoms with Crippen molar-refractivity contribution in [1.82, 2.24) is 28.7 Å². The Labute approximate surface area is 320 Å². The van der Waals surface area contributed by atoms with Crippen LogP contribution < -0.4 is 15.9 Å². The molecule has 10 aromatic rings. The second-order valence-corrected chi connectivity index (χ2v) is 16.4. The van der Waals surface area contributed by atoms with Crippen LogP contribution in [0.25, 0.3) is 78.1 Å². The average molecular weight is 745 g/mol. The highest BCUT2D eigenvalue weighted by Gasteiger charge is 2.30. The Morgan fingerprint density at radius 3 is 1.55 bits per heavy atom. The van der Waals surface area contributed by atoms with Crippen molar-refractivity contribution in [3.63, 3.8) is 0 Å². The molecule has 0 bridgehead atoms. The number of hydrogen-bond acceptors (Lipinski definition) is 8. The quantitative estimate of drug-likeness (QED) is 0.118. The predicted octanol–water partition coefficient (Wildman–Crippen LogP) is 9.89. The van der Waals surface area contributed by atoms with E-state index in [0.29, 0.717) is 23.0 Å². The Kier molecular flexibility index (Phi) is 8.13. The lowest BCUT2D eigenvalue weighted by Crippen LogP contribution is -2.24. The van der Waals surface area contributed by atoms with Crippen LogP contribution in [0.3, 0.4) is 0 Å². The van der Waals surface area contributed by atoms with Gasteiger partial charge in [-0.05, 0) is 12.1 Å². The first-order chi connectivity index (χ1) is 27.1. The highest BCUT2D eigenvalue weighted by molar-refractivity contribution is 7.85. The Balaban J connectivity index is 1.19. The first-order valence-electron chi connectivity index (χ1n) is 17.8. The van der Waals surface area contributed by atoms with Crippen molar-refractivity contribution in [2.24, 2.45) is 0 Å². The fourth-order valence-electron chi connectivity index (χ4n) is 7.24. The molecule has 3 aromatic heterocycles. The maximum absolute atomic E-state index is 15.1. The molecule has 55 heavy (non-hydrogen) atoms. The zero-order valence-corrected chi connectivity index (χ0v) is 30.9. The second-order valence-electron chi connectivity index (χ2n) is 13.2. The predicted molar refractivity (Wildman–Crippen MR) is 225 cm³/mol. The molecule has 0 fully saturated rings. The van der Waals surface area contributed by atoms with Gasteiger partial charge in [0.1, 0.15) is 11.0 Å². The van der Waals surface area contributed by atoms with Crippen molar-refractivity contribution < 1.29 is 4.57 Å². The van der Waals surface area contributed by atoms with Gasteiger partial charge in [0.2, 0.25) is 0 Å². The van der Waals surface area contributed by atoms with E-state index in [1.54, 1.807) is 0 Å². The van der Waals surface area contributed by atoms with Crippen molar-refractivity contribution in [2.75, 3.05) is 0 Å². The Morgan fingerprint density at radius 2 is 0.909 bits per heavy atom. The number of aromatic nitrogens is 6. The smallest absolute Gasteiger partial charge is 0.171 e. The van der Waals surface area contributed by atoms with E-state index in [1.807, 2.05) is 152 Å². The van der Waals surface area contributed by atoms with Gasteiger partial charge in [-0.3, -0.25) is 0 Å². The molecule has 7 nitrogen and oxygen atoms in total. The third-order valence-electron chi connectivity index (χ3n) is 9.88. The summed E-state index contributed by atoms with van der Waals surface area (Å²) in [6.45, 7) is 0. The van der Waals surface area contributed by atoms with Crippen LogP contribution in [0.5, 0.6) is 0 Å². The molecule has 0 unspecified atom stereocenters. The van der Waals surface area contributed by atoms with Gasteiger partial charge in [0, 0.05) is 54.3 Å². The van der Waals surface area contributed by atoms with Crippen LogP contribution in [0.4, 0.5) is 0 Å². The van der Waals surface area contributed by atoms with E-state index in [9.17, 15) is 0 Å². The first kappa shape index (κ1) is 32.9. The number of fused-ring (bicyclic) bond motifs is 5. The maximum atomic E-state index is 15.1. The molecule has 0 N–H and O–H groups in total. The molecule has 0 saturated carbocycles. The monoisotopic (exact) mass is 744 g/mol. The van der Waals surface area contributed by atoms with Crippen LogP contribution in [0.1, 0.15) is 0 Å². The molecule has 0 aliphatic rings. The minimum absolute atomic E-state index is 0.471. The Bertz CT molecular complexity index is 3010. The number of rotatable bonds is 7. The fraction of sp³-hybridized carbons (Fsp3) is 0. The summed E-state index contributed by atoms with van der Waals surface area (Å²) in [5, 5.41) is 5.21. The van der Waals surface area contributed by atoms with Crippen molar-refractivity contribution >= 4 is 67.5 Å². The Hall–Kier alpha value is -6.73. The standard InChI is InChI=1S/C46H29N6OPS/c53-54(33-19-9-3-10-20-33,34-21-11-4-12-22-34)35-27-25-32(26-28-35)45-48-44(31-17-7-2-8-18-31)49-46(50-45)38-29-37-40(43-42(38)51-55-52-43)36-23-13-14-24-39(36)47-41(37)30-15-5-1-6-16-30/h1-29H. The van der Waals surface area contributed by atoms with Crippen LogP contribution in [0, 0.1) is 0 Å². The number of hydrogen-bond donors (Lipinski definition) is 0. The van der Waals surface area contributed by atoms with Crippen LogP contribution in [-0.2, 0) is 4.57 Å². The third kappa shape index (κ3) is 5.71. The van der Waals surface area contributed by atoms with Gasteiger partial charge in [0.15, 0.2) is 24.6 Å². The lowest BCUT2D eigenvalue weighted by atomic mass is 9.96. The van der Waals surface area contributed by atoms with Crippen LogP contribution in [-0.4, -0.2) is 28.7 Å². The molecule has 10 rings (SSSR count). The van der Waals surface area contributed by atoms with Crippen LogP contribution in [0.2, 0.25) is 0 Å². The maximum Gasteiger partial charge on any atom is 0.171 e. The molecule has 0 aliphatic carbocycles. The summed E-state index contributed by atoms with van der Waals surface area (Å²) in [5.74, 6) is 1.49. The van der Waals surface area contributed by atoms with E-state index in [0.717, 1.165) is 71.1 Å². The molecular formula is C46H29N6OPS. The summed E-state index contributed by atoms with van der Waals surface area (Å²) in [7, 11) is -3.17. The lowest BCUT2D eigenvalue weighted by Gasteiger charge is -2.20. The Morgan fingerprint density at radius 1 is 0.418 bits per heavy atom. The van der Waals surface area contributed by atoms with Gasteiger partial charge in [-0.15, -0.1) is 0 Å². The number of para-hydroxylation sites is 1. The fourth-order valence-corrected chi connectivity index (χ4v) is 10.5. The van der Waals surface area contributed by atoms with Gasteiger partial charge < -0.3 is 4.57 Å². The van der Waals surface area contributed by atoms with Gasteiger partial charge in [0.05, 0.1) is 22.9 Å². The molecular weight excluding hydrogens is 716 g/mol. The number of benzene rings is 7. The van der Waals surface area contributed by atoms with Crippen LogP contribution >= 0.6 is 18.9 Å². The molecule has 0 radical (unpaired) electrons. The third-order valence-corrected chi connectivity index (χ3v) is 13.5. The summed E-state index contributed by atoms with van der Waals surface area (Å²) in [4.78, 5) is 20.4. The summed E-state index contributed by atoms with van der Waals surface area (Å²) < 4.78 is 24.8. The largest absolute Gasteiger partial charge is 0.309 e. The molecule has 0 aliphatic heterocycles. The average Bonchev–Trinajstić information content (AvgIpc) is 3.77. The summed E-state index contributed by atoms with van der Waals surface area (Å²) in [6.07, 6.45) is 0. The normalized spacial score (nSPS) is 11.7. The number of pyridine rings is 1. The molecule has 260 valence electrons. The molecule has 9 heteroatoms. The van der Waals surface area contributed by atoms with E-state index in [2.05, 4.69) is 24.3 Å². The van der Waals surface area contributed by atoms with E-state index >= 15 is 4.57 Å². The van der Waals surface area contributed by atoms with E-state index in [1.165, 1.54) is 11.7 Å². The molecule has 0 atom stereocenters. The van der Waals surface area contributed by atoms with Crippen molar-refractivity contribution in [1.29, 1.82) is 0 Å². The molecule has 7 aromatic carbocycles. The van der Waals surface area contributed by atoms with Gasteiger partial charge >= 0.3 is 0 Å². The summed E-state index contributed by atoms with van der Waals surface area (Å²) in [5.41, 5.74) is 6.58. The highest BCUT2D eigenvalue weighted by atomic mass is 32.1. The zero-order valence-electron chi connectivity index (χ0n) is 29.2. The lowest BCUT2D eigenvalue weighted by molar-refractivity contribution is 0.592. The molecule has 3 heterocycles. The first-order valence-corrected chi connectivity index (χ1v) is 20.3. The minimum Gasteiger partial charge on any atom is -0.309 e. The highest BCUT2D eigenvalue weighted by Crippen LogP contribution is 2.43. The van der Waals surface area contributed by atoms with Gasteiger partial charge in [-0.1, -0.05) is 164 Å². The zero-order chi connectivity index (χ0) is 36.8. The molecule has 0 spiro atoms. The summed E-state index contributed by atoms with van der Waals surface area (Å²) >= 11 is 1.17. The molecule has 0 amide bonds. The number of nitrogens with zero attached hydrogens (tertiary/aromatic N) is 6. The van der Waals surface area contributed by atoms with Gasteiger partial charge in [0.25, 0.3) is 0 Å². The van der Waals surface area contributed by atoms with E-state index in [4.69, 9.17) is 28.7 Å². The van der Waals surface area contributed by atoms with E-state index in [-0.39, 0.29) is 0 Å². The minimum atomic E-state index is -3.17. The summed E-state index contributed by atoms with van der Waals surface area (Å²) in [6, 6.07) is 57.5. The molecule has 0 saturated heterocycles. The second kappa shape index (κ2) is 13.6. The topological polar surface area (TPSA) is 94.4 Å². The van der Waals surface area contributed by atoms with Crippen molar-refractivity contribution in [2.45, 2.75) is 0 Å². The van der Waals surface area contributed by atoms with Gasteiger partial charge in [-0.2, -0.15) is 8.75 Å². The van der Waals surface area contributed by atoms with Crippen molar-refractivity contribution in [3.05, 3.63) is 176 Å². The van der Waals surface area contributed by atoms with E-state index < -0.39 is 7.14 Å². The SMILES string of the molecule is O=P(c1ccccc1)(c1ccccc1)c1ccc(-c2nc(-c3ccccc3)nc(-c3cc4c(-c5ccccc5)nc5ccccc5c4c4nsnc34)n2)cc1. The van der Waals surface area contributed by atoms with Crippen LogP contribution in [0.15, 0.2) is 176 Å².